The summed E-state index contributed by atoms with van der Waals surface area (Å²) in [4.78, 5) is 12.3. The summed E-state index contributed by atoms with van der Waals surface area (Å²) in [7, 11) is 0. The molecule has 1 aliphatic heterocycles. The minimum atomic E-state index is -0.117. The third kappa shape index (κ3) is 4.06. The lowest BCUT2D eigenvalue weighted by atomic mass is 9.98. The first kappa shape index (κ1) is 16.8. The zero-order valence-corrected chi connectivity index (χ0v) is 14.3. The summed E-state index contributed by atoms with van der Waals surface area (Å²) in [6.45, 7) is 5.50. The van der Waals surface area contributed by atoms with Gasteiger partial charge in [0.2, 0.25) is 5.91 Å². The lowest BCUT2D eigenvalue weighted by molar-refractivity contribution is -0.124. The quantitative estimate of drug-likeness (QED) is 0.884. The van der Waals surface area contributed by atoms with Gasteiger partial charge in [-0.2, -0.15) is 5.10 Å². The van der Waals surface area contributed by atoms with Gasteiger partial charge in [0, 0.05) is 37.8 Å². The summed E-state index contributed by atoms with van der Waals surface area (Å²) in [6, 6.07) is 3.84. The number of furan rings is 1. The van der Waals surface area contributed by atoms with Crippen molar-refractivity contribution >= 4 is 5.91 Å². The molecule has 1 fully saturated rings. The van der Waals surface area contributed by atoms with Gasteiger partial charge >= 0.3 is 0 Å². The van der Waals surface area contributed by atoms with Crippen LogP contribution in [0.25, 0.3) is 0 Å². The molecule has 0 bridgehead atoms. The molecule has 130 valence electrons. The van der Waals surface area contributed by atoms with Crippen LogP contribution in [-0.4, -0.2) is 28.3 Å². The van der Waals surface area contributed by atoms with Gasteiger partial charge in [0.25, 0.3) is 0 Å². The molecule has 0 unspecified atom stereocenters. The Morgan fingerprint density at radius 2 is 2.33 bits per heavy atom. The molecule has 3 rings (SSSR count). The summed E-state index contributed by atoms with van der Waals surface area (Å²) < 4.78 is 13.3. The molecular weight excluding hydrogens is 306 g/mol. The summed E-state index contributed by atoms with van der Waals surface area (Å²) in [5, 5.41) is 7.44. The number of hydrogen-bond acceptors (Lipinski definition) is 4. The molecule has 0 radical (unpaired) electrons. The Morgan fingerprint density at radius 1 is 1.46 bits per heavy atom. The number of nitrogens with zero attached hydrogens (tertiary/aromatic N) is 2. The molecule has 1 saturated heterocycles. The Bertz CT molecular complexity index is 677. The van der Waals surface area contributed by atoms with E-state index in [9.17, 15) is 4.79 Å². The Morgan fingerprint density at radius 3 is 3.04 bits per heavy atom. The van der Waals surface area contributed by atoms with E-state index in [0.717, 1.165) is 43.1 Å². The Balaban J connectivity index is 1.57. The highest BCUT2D eigenvalue weighted by Crippen LogP contribution is 2.28. The highest BCUT2D eigenvalue weighted by atomic mass is 16.5. The van der Waals surface area contributed by atoms with Gasteiger partial charge < -0.3 is 14.5 Å². The highest BCUT2D eigenvalue weighted by Gasteiger charge is 2.29. The van der Waals surface area contributed by atoms with E-state index in [1.807, 2.05) is 43.1 Å². The third-order valence-electron chi connectivity index (χ3n) is 4.37. The van der Waals surface area contributed by atoms with E-state index >= 15 is 0 Å². The second kappa shape index (κ2) is 7.66. The van der Waals surface area contributed by atoms with Crippen molar-refractivity contribution in [2.24, 2.45) is 0 Å². The Kier molecular flexibility index (Phi) is 5.35. The van der Waals surface area contributed by atoms with Gasteiger partial charge in [-0.1, -0.05) is 0 Å². The first-order chi connectivity index (χ1) is 11.7. The molecule has 3 heterocycles. The van der Waals surface area contributed by atoms with Crippen LogP contribution in [0.4, 0.5) is 0 Å². The average molecular weight is 331 g/mol. The molecule has 0 aliphatic carbocycles. The second-order valence-electron chi connectivity index (χ2n) is 6.25. The number of carbonyl (C=O) groups excluding carboxylic acids is 1. The molecule has 1 N–H and O–H groups in total. The molecule has 24 heavy (non-hydrogen) atoms. The van der Waals surface area contributed by atoms with Crippen molar-refractivity contribution < 1.29 is 13.9 Å². The van der Waals surface area contributed by atoms with Gasteiger partial charge in [-0.05, 0) is 38.8 Å². The topological polar surface area (TPSA) is 69.3 Å². The summed E-state index contributed by atoms with van der Waals surface area (Å²) >= 11 is 0. The third-order valence-corrected chi connectivity index (χ3v) is 4.37. The van der Waals surface area contributed by atoms with Crippen LogP contribution in [0.5, 0.6) is 0 Å². The summed E-state index contributed by atoms with van der Waals surface area (Å²) in [6.07, 6.45) is 6.64. The Hall–Kier alpha value is -2.08. The van der Waals surface area contributed by atoms with Gasteiger partial charge in [0.1, 0.15) is 17.6 Å². The second-order valence-corrected chi connectivity index (χ2v) is 6.25. The van der Waals surface area contributed by atoms with Crippen molar-refractivity contribution in [3.8, 4) is 0 Å². The normalized spacial score (nSPS) is 20.9. The lowest BCUT2D eigenvalue weighted by Gasteiger charge is -2.31. The van der Waals surface area contributed by atoms with E-state index in [4.69, 9.17) is 9.15 Å². The van der Waals surface area contributed by atoms with Gasteiger partial charge in [-0.15, -0.1) is 0 Å². The van der Waals surface area contributed by atoms with Crippen molar-refractivity contribution in [1.29, 1.82) is 0 Å². The molecule has 2 aromatic rings. The molecule has 0 saturated carbocycles. The maximum absolute atomic E-state index is 12.3. The van der Waals surface area contributed by atoms with Crippen LogP contribution in [-0.2, 0) is 22.5 Å². The predicted molar refractivity (Wildman–Crippen MR) is 89.5 cm³/mol. The van der Waals surface area contributed by atoms with Crippen molar-refractivity contribution in [2.75, 3.05) is 6.61 Å². The molecule has 2 aromatic heterocycles. The van der Waals surface area contributed by atoms with Gasteiger partial charge in [-0.25, -0.2) is 0 Å². The number of rotatable bonds is 6. The minimum Gasteiger partial charge on any atom is -0.466 e. The fourth-order valence-electron chi connectivity index (χ4n) is 3.09. The first-order valence-corrected chi connectivity index (χ1v) is 8.64. The monoisotopic (exact) mass is 331 g/mol. The fraction of sp³-hybridized carbons (Fsp3) is 0.556. The maximum Gasteiger partial charge on any atom is 0.220 e. The molecule has 2 atom stereocenters. The molecule has 6 heteroatoms. The number of amides is 1. The van der Waals surface area contributed by atoms with Crippen LogP contribution in [0.2, 0.25) is 0 Å². The predicted octanol–water partition coefficient (Wildman–Crippen LogP) is 2.77. The summed E-state index contributed by atoms with van der Waals surface area (Å²) in [5.41, 5.74) is 1.03. The van der Waals surface area contributed by atoms with Crippen molar-refractivity contribution in [3.05, 3.63) is 41.6 Å². The zero-order valence-electron chi connectivity index (χ0n) is 14.3. The molecular formula is C18H25N3O3. The molecule has 1 aliphatic rings. The van der Waals surface area contributed by atoms with Gasteiger partial charge in [0.15, 0.2) is 0 Å². The smallest absolute Gasteiger partial charge is 0.220 e. The van der Waals surface area contributed by atoms with Crippen LogP contribution >= 0.6 is 0 Å². The van der Waals surface area contributed by atoms with Crippen LogP contribution in [0.3, 0.4) is 0 Å². The first-order valence-electron chi connectivity index (χ1n) is 8.64. The van der Waals surface area contributed by atoms with E-state index in [0.29, 0.717) is 12.8 Å². The molecule has 6 nitrogen and oxygen atoms in total. The van der Waals surface area contributed by atoms with E-state index < -0.39 is 0 Å². The largest absolute Gasteiger partial charge is 0.466 e. The molecule has 0 aromatic carbocycles. The maximum atomic E-state index is 12.3. The van der Waals surface area contributed by atoms with Crippen LogP contribution in [0, 0.1) is 6.92 Å². The van der Waals surface area contributed by atoms with Crippen molar-refractivity contribution in [2.45, 2.75) is 58.2 Å². The highest BCUT2D eigenvalue weighted by molar-refractivity contribution is 5.76. The number of ether oxygens (including phenoxy) is 1. The molecule has 0 spiro atoms. The average Bonchev–Trinajstić information content (AvgIpc) is 3.22. The van der Waals surface area contributed by atoms with Crippen molar-refractivity contribution in [1.82, 2.24) is 15.1 Å². The van der Waals surface area contributed by atoms with Crippen LogP contribution in [0.15, 0.2) is 28.9 Å². The number of hydrogen-bond donors (Lipinski definition) is 1. The van der Waals surface area contributed by atoms with Crippen molar-refractivity contribution in [3.63, 3.8) is 0 Å². The van der Waals surface area contributed by atoms with E-state index in [2.05, 4.69) is 10.4 Å². The van der Waals surface area contributed by atoms with E-state index in [1.54, 1.807) is 0 Å². The zero-order chi connectivity index (χ0) is 16.9. The fourth-order valence-corrected chi connectivity index (χ4v) is 3.09. The summed E-state index contributed by atoms with van der Waals surface area (Å²) in [5.74, 6) is 1.76. The lowest BCUT2D eigenvalue weighted by Crippen LogP contribution is -2.42. The van der Waals surface area contributed by atoms with Crippen LogP contribution < -0.4 is 5.32 Å². The molecule has 1 amide bonds. The standard InChI is InChI=1S/C18H25N3O3/c1-3-21-12-14(11-19-21)18-16(5-4-10-23-18)20-17(22)9-8-15-7-6-13(2)24-15/h6-7,11-12,16,18H,3-5,8-10H2,1-2H3,(H,20,22)/t16-,18+/m0/s1. The number of nitrogens with one attached hydrogen (secondary N) is 1. The minimum absolute atomic E-state index is 0.000840. The van der Waals surface area contributed by atoms with Gasteiger partial charge in [0.05, 0.1) is 12.2 Å². The van der Waals surface area contributed by atoms with Gasteiger partial charge in [-0.3, -0.25) is 9.48 Å². The Labute approximate surface area is 142 Å². The van der Waals surface area contributed by atoms with E-state index in [1.165, 1.54) is 0 Å². The number of carbonyl (C=O) groups is 1. The number of aryl methyl sites for hydroxylation is 3. The SMILES string of the molecule is CCn1cc([C@H]2OCCC[C@@H]2NC(=O)CCc2ccc(C)o2)cn1. The number of aromatic nitrogens is 2. The van der Waals surface area contributed by atoms with Crippen LogP contribution in [0.1, 0.15) is 49.4 Å². The van der Waals surface area contributed by atoms with E-state index in [-0.39, 0.29) is 18.1 Å².